The molecule has 29 heavy (non-hydrogen) atoms. The van der Waals surface area contributed by atoms with Gasteiger partial charge in [-0.15, -0.1) is 0 Å². The van der Waals surface area contributed by atoms with Gasteiger partial charge in [0.1, 0.15) is 18.2 Å². The fourth-order valence-electron chi connectivity index (χ4n) is 2.62. The van der Waals surface area contributed by atoms with Gasteiger partial charge in [0.2, 0.25) is 5.95 Å². The normalized spacial score (nSPS) is 12.3. The van der Waals surface area contributed by atoms with Crippen molar-refractivity contribution in [2.45, 2.75) is 6.92 Å². The van der Waals surface area contributed by atoms with E-state index in [-0.39, 0.29) is 5.78 Å². The number of anilines is 4. The van der Waals surface area contributed by atoms with Crippen LogP contribution in [0.2, 0.25) is 0 Å². The summed E-state index contributed by atoms with van der Waals surface area (Å²) in [5.74, 6) is 1.39. The Kier molecular flexibility index (Phi) is 6.13. The van der Waals surface area contributed by atoms with Gasteiger partial charge in [-0.05, 0) is 37.3 Å². The van der Waals surface area contributed by atoms with E-state index in [0.29, 0.717) is 29.6 Å². The Morgan fingerprint density at radius 1 is 1.28 bits per heavy atom. The Morgan fingerprint density at radius 3 is 2.83 bits per heavy atom. The number of carbonyl (C=O) groups is 1. The summed E-state index contributed by atoms with van der Waals surface area (Å²) in [5.41, 5.74) is 3.38. The molecule has 1 aromatic heterocycles. The van der Waals surface area contributed by atoms with Crippen LogP contribution >= 0.6 is 0 Å². The van der Waals surface area contributed by atoms with E-state index in [1.807, 2.05) is 18.2 Å². The standard InChI is InChI=1S/C21H24N6O2/c1-13(22-4)5-6-14(2)25-21-24-12-17(15(3)28)20(27-21)26-16-7-8-19-18(11-16)23-9-10-29-19/h5-8,11-12,22-23H,1-2,9-10H2,3-4H3,(H2,24,25,26,27)/b6-5-. The topological polar surface area (TPSA) is 100 Å². The average Bonchev–Trinajstić information content (AvgIpc) is 2.72. The van der Waals surface area contributed by atoms with Crippen molar-refractivity contribution in [3.05, 3.63) is 66.7 Å². The summed E-state index contributed by atoms with van der Waals surface area (Å²) in [6, 6.07) is 5.66. The van der Waals surface area contributed by atoms with Crippen molar-refractivity contribution in [3.8, 4) is 5.75 Å². The third kappa shape index (κ3) is 5.13. The number of benzene rings is 1. The second kappa shape index (κ2) is 8.92. The van der Waals surface area contributed by atoms with Gasteiger partial charge in [-0.2, -0.15) is 4.98 Å². The molecule has 8 nitrogen and oxygen atoms in total. The van der Waals surface area contributed by atoms with Crippen LogP contribution in [0.5, 0.6) is 5.75 Å². The van der Waals surface area contributed by atoms with E-state index in [2.05, 4.69) is 44.4 Å². The molecule has 0 fully saturated rings. The molecule has 0 aliphatic carbocycles. The van der Waals surface area contributed by atoms with Gasteiger partial charge in [0.05, 0.1) is 11.3 Å². The molecular weight excluding hydrogens is 368 g/mol. The summed E-state index contributed by atoms with van der Waals surface area (Å²) in [6.07, 6.45) is 5.02. The molecule has 150 valence electrons. The van der Waals surface area contributed by atoms with Gasteiger partial charge in [0.15, 0.2) is 5.78 Å². The maximum atomic E-state index is 12.0. The minimum Gasteiger partial charge on any atom is -0.490 e. The smallest absolute Gasteiger partial charge is 0.229 e. The highest BCUT2D eigenvalue weighted by Crippen LogP contribution is 2.31. The van der Waals surface area contributed by atoms with E-state index in [1.54, 1.807) is 19.2 Å². The van der Waals surface area contributed by atoms with E-state index in [9.17, 15) is 4.79 Å². The number of rotatable bonds is 8. The maximum absolute atomic E-state index is 12.0. The molecule has 0 spiro atoms. The van der Waals surface area contributed by atoms with E-state index in [1.165, 1.54) is 13.1 Å². The molecule has 0 radical (unpaired) electrons. The number of nitrogens with one attached hydrogen (secondary N) is 4. The van der Waals surface area contributed by atoms with Crippen molar-refractivity contribution < 1.29 is 9.53 Å². The number of nitrogens with zero attached hydrogens (tertiary/aromatic N) is 2. The molecule has 0 unspecified atom stereocenters. The van der Waals surface area contributed by atoms with Crippen molar-refractivity contribution in [2.24, 2.45) is 0 Å². The van der Waals surface area contributed by atoms with Gasteiger partial charge in [-0.3, -0.25) is 4.79 Å². The third-order valence-electron chi connectivity index (χ3n) is 4.16. The van der Waals surface area contributed by atoms with E-state index < -0.39 is 0 Å². The summed E-state index contributed by atoms with van der Waals surface area (Å²) < 4.78 is 5.59. The SMILES string of the molecule is C=C(/C=C\C(=C)Nc1ncc(C(C)=O)c(Nc2ccc3c(c2)NCCO3)n1)NC. The number of aromatic nitrogens is 2. The van der Waals surface area contributed by atoms with Crippen LogP contribution in [0.4, 0.5) is 23.1 Å². The van der Waals surface area contributed by atoms with Gasteiger partial charge in [0.25, 0.3) is 0 Å². The maximum Gasteiger partial charge on any atom is 0.229 e. The van der Waals surface area contributed by atoms with Crippen LogP contribution in [0.15, 0.2) is 61.1 Å². The zero-order valence-corrected chi connectivity index (χ0v) is 16.5. The van der Waals surface area contributed by atoms with Gasteiger partial charge in [-0.1, -0.05) is 13.2 Å². The molecule has 2 heterocycles. The van der Waals surface area contributed by atoms with Gasteiger partial charge < -0.3 is 26.0 Å². The van der Waals surface area contributed by atoms with Crippen molar-refractivity contribution in [1.29, 1.82) is 0 Å². The van der Waals surface area contributed by atoms with Crippen LogP contribution in [-0.4, -0.2) is 36.0 Å². The van der Waals surface area contributed by atoms with Crippen molar-refractivity contribution >= 4 is 28.9 Å². The minimum atomic E-state index is -0.137. The first kappa shape index (κ1) is 19.9. The predicted molar refractivity (Wildman–Crippen MR) is 116 cm³/mol. The monoisotopic (exact) mass is 392 g/mol. The fraction of sp³-hybridized carbons (Fsp3) is 0.190. The van der Waals surface area contributed by atoms with Gasteiger partial charge >= 0.3 is 0 Å². The molecule has 0 saturated heterocycles. The molecule has 1 aliphatic heterocycles. The first-order chi connectivity index (χ1) is 14.0. The van der Waals surface area contributed by atoms with Crippen molar-refractivity contribution in [1.82, 2.24) is 15.3 Å². The number of hydrogen-bond acceptors (Lipinski definition) is 8. The number of fused-ring (bicyclic) bond motifs is 1. The molecule has 4 N–H and O–H groups in total. The highest BCUT2D eigenvalue weighted by Gasteiger charge is 2.14. The number of allylic oxidation sites excluding steroid dienone is 2. The lowest BCUT2D eigenvalue weighted by molar-refractivity contribution is 0.101. The number of Topliss-reactive ketones (excluding diaryl/α,β-unsaturated/α-hetero) is 1. The van der Waals surface area contributed by atoms with Crippen LogP contribution in [-0.2, 0) is 0 Å². The molecule has 3 rings (SSSR count). The molecule has 0 atom stereocenters. The zero-order valence-electron chi connectivity index (χ0n) is 16.5. The van der Waals surface area contributed by atoms with Crippen LogP contribution in [0.1, 0.15) is 17.3 Å². The Labute approximate surface area is 169 Å². The van der Waals surface area contributed by atoms with Crippen molar-refractivity contribution in [3.63, 3.8) is 0 Å². The summed E-state index contributed by atoms with van der Waals surface area (Å²) in [4.78, 5) is 20.7. The Hall–Kier alpha value is -3.81. The lowest BCUT2D eigenvalue weighted by Gasteiger charge is -2.20. The number of hydrogen-bond donors (Lipinski definition) is 4. The average molecular weight is 392 g/mol. The largest absolute Gasteiger partial charge is 0.490 e. The van der Waals surface area contributed by atoms with Crippen molar-refractivity contribution in [2.75, 3.05) is 36.1 Å². The summed E-state index contributed by atoms with van der Waals surface area (Å²) >= 11 is 0. The summed E-state index contributed by atoms with van der Waals surface area (Å²) in [6.45, 7) is 10.6. The Balaban J connectivity index is 1.82. The molecule has 0 bridgehead atoms. The molecule has 8 heteroatoms. The van der Waals surface area contributed by atoms with Gasteiger partial charge in [0, 0.05) is 36.9 Å². The molecule has 0 amide bonds. The number of carbonyl (C=O) groups excluding carboxylic acids is 1. The second-order valence-electron chi connectivity index (χ2n) is 6.38. The first-order valence-corrected chi connectivity index (χ1v) is 9.12. The lowest BCUT2D eigenvalue weighted by Crippen LogP contribution is -2.18. The molecular formula is C21H24N6O2. The predicted octanol–water partition coefficient (Wildman–Crippen LogP) is 3.44. The number of ether oxygens (including phenoxy) is 1. The number of likely N-dealkylation sites (N-methyl/N-ethyl adjacent to an activating group) is 1. The van der Waals surface area contributed by atoms with Crippen LogP contribution in [0, 0.1) is 0 Å². The summed E-state index contributed by atoms with van der Waals surface area (Å²) in [7, 11) is 1.78. The van der Waals surface area contributed by atoms with Crippen LogP contribution in [0.25, 0.3) is 0 Å². The second-order valence-corrected chi connectivity index (χ2v) is 6.38. The Bertz CT molecular complexity index is 983. The van der Waals surface area contributed by atoms with Crippen LogP contribution < -0.4 is 26.0 Å². The minimum absolute atomic E-state index is 0.137. The summed E-state index contributed by atoms with van der Waals surface area (Å²) in [5, 5.41) is 12.4. The Morgan fingerprint density at radius 2 is 2.07 bits per heavy atom. The lowest BCUT2D eigenvalue weighted by atomic mass is 10.2. The van der Waals surface area contributed by atoms with Gasteiger partial charge in [-0.25, -0.2) is 4.98 Å². The molecule has 1 aromatic carbocycles. The van der Waals surface area contributed by atoms with Crippen LogP contribution in [0.3, 0.4) is 0 Å². The number of ketones is 1. The molecule has 0 saturated carbocycles. The fourth-order valence-corrected chi connectivity index (χ4v) is 2.62. The first-order valence-electron chi connectivity index (χ1n) is 9.12. The highest BCUT2D eigenvalue weighted by atomic mass is 16.5. The quantitative estimate of drug-likeness (QED) is 0.400. The molecule has 1 aliphatic rings. The van der Waals surface area contributed by atoms with E-state index in [0.717, 1.165) is 29.4 Å². The third-order valence-corrected chi connectivity index (χ3v) is 4.16. The van der Waals surface area contributed by atoms with E-state index >= 15 is 0 Å². The highest BCUT2D eigenvalue weighted by molar-refractivity contribution is 5.99. The molecule has 2 aromatic rings. The zero-order chi connectivity index (χ0) is 20.8. The van der Waals surface area contributed by atoms with E-state index in [4.69, 9.17) is 4.74 Å².